The van der Waals surface area contributed by atoms with Gasteiger partial charge in [-0.1, -0.05) is 59.5 Å². The third-order valence-corrected chi connectivity index (χ3v) is 10.1. The molecule has 0 bridgehead atoms. The molecule has 164 valence electrons. The van der Waals surface area contributed by atoms with Gasteiger partial charge < -0.3 is 5.11 Å². The van der Waals surface area contributed by atoms with Crippen molar-refractivity contribution in [3.05, 3.63) is 11.6 Å². The van der Waals surface area contributed by atoms with Gasteiger partial charge in [0.15, 0.2) is 5.78 Å². The molecule has 0 aromatic rings. The van der Waals surface area contributed by atoms with E-state index in [0.717, 1.165) is 37.0 Å². The lowest BCUT2D eigenvalue weighted by Crippen LogP contribution is -2.53. The van der Waals surface area contributed by atoms with Crippen LogP contribution in [-0.4, -0.2) is 17.0 Å². The first-order valence-electron chi connectivity index (χ1n) is 12.6. The van der Waals surface area contributed by atoms with Crippen molar-refractivity contribution < 1.29 is 9.90 Å². The van der Waals surface area contributed by atoms with E-state index in [1.807, 2.05) is 6.08 Å². The fourth-order valence-corrected chi connectivity index (χ4v) is 8.41. The number of allylic oxidation sites excluding steroid dienone is 1. The van der Waals surface area contributed by atoms with Crippen molar-refractivity contribution in [1.29, 1.82) is 0 Å². The summed E-state index contributed by atoms with van der Waals surface area (Å²) in [5.41, 5.74) is 1.77. The molecule has 29 heavy (non-hydrogen) atoms. The first-order valence-corrected chi connectivity index (χ1v) is 12.6. The summed E-state index contributed by atoms with van der Waals surface area (Å²) in [7, 11) is 0. The summed E-state index contributed by atoms with van der Waals surface area (Å²) in [6, 6.07) is 0. The molecule has 8 atom stereocenters. The molecule has 4 aliphatic carbocycles. The van der Waals surface area contributed by atoms with Crippen molar-refractivity contribution in [3.63, 3.8) is 0 Å². The number of fused-ring (bicyclic) bond motifs is 5. The Labute approximate surface area is 178 Å². The number of aliphatic hydroxyl groups excluding tert-OH is 1. The molecule has 4 rings (SSSR count). The van der Waals surface area contributed by atoms with E-state index in [1.165, 1.54) is 50.5 Å². The summed E-state index contributed by atoms with van der Waals surface area (Å²) in [6.45, 7) is 12.1. The van der Waals surface area contributed by atoms with Gasteiger partial charge in [0.25, 0.3) is 0 Å². The zero-order chi connectivity index (χ0) is 21.0. The number of aliphatic hydroxyl groups is 1. The molecule has 0 amide bonds. The molecular formula is C27H44O2. The molecule has 1 N–H and O–H groups in total. The quantitative estimate of drug-likeness (QED) is 0.567. The molecule has 2 nitrogen and oxygen atoms in total. The average molecular weight is 401 g/mol. The number of hydrogen-bond donors (Lipinski definition) is 1. The Kier molecular flexibility index (Phi) is 5.82. The van der Waals surface area contributed by atoms with Crippen LogP contribution in [-0.2, 0) is 4.79 Å². The van der Waals surface area contributed by atoms with E-state index in [9.17, 15) is 9.90 Å². The highest BCUT2D eigenvalue weighted by Gasteiger charge is 2.61. The first-order chi connectivity index (χ1) is 13.7. The normalized spacial score (nSPS) is 45.4. The van der Waals surface area contributed by atoms with Gasteiger partial charge >= 0.3 is 0 Å². The van der Waals surface area contributed by atoms with Crippen molar-refractivity contribution in [2.75, 3.05) is 0 Å². The second-order valence-corrected chi connectivity index (χ2v) is 12.2. The summed E-state index contributed by atoms with van der Waals surface area (Å²) in [5, 5.41) is 10.2. The maximum atomic E-state index is 13.4. The fourth-order valence-electron chi connectivity index (χ4n) is 8.41. The molecule has 0 saturated heterocycles. The third-order valence-electron chi connectivity index (χ3n) is 10.1. The van der Waals surface area contributed by atoms with Crippen molar-refractivity contribution in [1.82, 2.24) is 0 Å². The Morgan fingerprint density at radius 2 is 1.79 bits per heavy atom. The van der Waals surface area contributed by atoms with E-state index in [4.69, 9.17) is 0 Å². The Hall–Kier alpha value is -0.630. The smallest absolute Gasteiger partial charge is 0.159 e. The molecule has 0 aromatic heterocycles. The number of rotatable bonds is 5. The van der Waals surface area contributed by atoms with Crippen LogP contribution in [0.4, 0.5) is 0 Å². The molecule has 0 aliphatic heterocycles. The van der Waals surface area contributed by atoms with Crippen molar-refractivity contribution in [3.8, 4) is 0 Å². The Morgan fingerprint density at radius 3 is 2.52 bits per heavy atom. The highest BCUT2D eigenvalue weighted by atomic mass is 16.3. The molecule has 4 aliphatic rings. The molecule has 0 heterocycles. The summed E-state index contributed by atoms with van der Waals surface area (Å²) in [6.07, 6.45) is 13.6. The molecule has 7 unspecified atom stereocenters. The van der Waals surface area contributed by atoms with Gasteiger partial charge in [0, 0.05) is 5.92 Å². The number of carbonyl (C=O) groups excluding carboxylic acids is 1. The van der Waals surface area contributed by atoms with E-state index in [0.29, 0.717) is 23.0 Å². The zero-order valence-electron chi connectivity index (χ0n) is 19.5. The second-order valence-electron chi connectivity index (χ2n) is 12.2. The number of hydrogen-bond acceptors (Lipinski definition) is 2. The maximum Gasteiger partial charge on any atom is 0.159 e. The van der Waals surface area contributed by atoms with Crippen molar-refractivity contribution in [2.24, 2.45) is 46.3 Å². The van der Waals surface area contributed by atoms with Gasteiger partial charge in [-0.2, -0.15) is 0 Å². The Balaban J connectivity index is 1.54. The Bertz CT molecular complexity index is 663. The van der Waals surface area contributed by atoms with Gasteiger partial charge in [0.2, 0.25) is 0 Å². The molecule has 3 saturated carbocycles. The lowest BCUT2D eigenvalue weighted by Gasteiger charge is -2.57. The predicted molar refractivity (Wildman–Crippen MR) is 119 cm³/mol. The zero-order valence-corrected chi connectivity index (χ0v) is 19.5. The van der Waals surface area contributed by atoms with E-state index in [1.54, 1.807) is 0 Å². The summed E-state index contributed by atoms with van der Waals surface area (Å²) in [4.78, 5) is 13.4. The van der Waals surface area contributed by atoms with Crippen LogP contribution >= 0.6 is 0 Å². The lowest BCUT2D eigenvalue weighted by atomic mass is 9.46. The Morgan fingerprint density at radius 1 is 1.03 bits per heavy atom. The van der Waals surface area contributed by atoms with Gasteiger partial charge in [0.1, 0.15) is 0 Å². The standard InChI is InChI=1S/C27H44O2/c1-17(2)7-6-8-18(3)21-9-10-22-25-23(12-14-27(21,22)5)26(4)13-11-20(28)15-19(26)16-24(25)29/h16-18,20-23,25,28H,6-15H2,1-5H3/t18-,20?,21?,22?,23?,25?,26?,27?/m1/s1. The van der Waals surface area contributed by atoms with Gasteiger partial charge in [-0.05, 0) is 91.4 Å². The minimum absolute atomic E-state index is 0.153. The molecule has 2 heteroatoms. The van der Waals surface area contributed by atoms with Crippen LogP contribution in [0.3, 0.4) is 0 Å². The van der Waals surface area contributed by atoms with E-state index in [2.05, 4.69) is 34.6 Å². The molecule has 0 spiro atoms. The van der Waals surface area contributed by atoms with Gasteiger partial charge in [-0.15, -0.1) is 0 Å². The molecule has 0 aromatic carbocycles. The molecule has 3 fully saturated rings. The van der Waals surface area contributed by atoms with Crippen molar-refractivity contribution >= 4 is 5.78 Å². The monoisotopic (exact) mass is 400 g/mol. The summed E-state index contributed by atoms with van der Waals surface area (Å²) >= 11 is 0. The average Bonchev–Trinajstić information content (AvgIpc) is 3.00. The van der Waals surface area contributed by atoms with Crippen LogP contribution in [0.15, 0.2) is 11.6 Å². The van der Waals surface area contributed by atoms with Crippen LogP contribution in [0.5, 0.6) is 0 Å². The van der Waals surface area contributed by atoms with Crippen LogP contribution < -0.4 is 0 Å². The van der Waals surface area contributed by atoms with Crippen LogP contribution in [0.1, 0.15) is 98.8 Å². The van der Waals surface area contributed by atoms with E-state index >= 15 is 0 Å². The summed E-state index contributed by atoms with van der Waals surface area (Å²) in [5.74, 6) is 4.11. The summed E-state index contributed by atoms with van der Waals surface area (Å²) < 4.78 is 0. The van der Waals surface area contributed by atoms with Crippen molar-refractivity contribution in [2.45, 2.75) is 105 Å². The van der Waals surface area contributed by atoms with E-state index < -0.39 is 0 Å². The largest absolute Gasteiger partial charge is 0.393 e. The molecule has 0 radical (unpaired) electrons. The third kappa shape index (κ3) is 3.56. The minimum Gasteiger partial charge on any atom is -0.393 e. The number of ketones is 1. The maximum absolute atomic E-state index is 13.4. The van der Waals surface area contributed by atoms with Gasteiger partial charge in [-0.25, -0.2) is 0 Å². The fraction of sp³-hybridized carbons (Fsp3) is 0.889. The highest BCUT2D eigenvalue weighted by Crippen LogP contribution is 2.66. The number of carbonyl (C=O) groups is 1. The molecular weight excluding hydrogens is 356 g/mol. The van der Waals surface area contributed by atoms with Crippen LogP contribution in [0, 0.1) is 46.3 Å². The van der Waals surface area contributed by atoms with Crippen LogP contribution in [0.25, 0.3) is 0 Å². The van der Waals surface area contributed by atoms with Gasteiger partial charge in [0.05, 0.1) is 6.10 Å². The topological polar surface area (TPSA) is 37.3 Å². The lowest BCUT2D eigenvalue weighted by molar-refractivity contribution is -0.135. The minimum atomic E-state index is -0.241. The van der Waals surface area contributed by atoms with Gasteiger partial charge in [-0.3, -0.25) is 4.79 Å². The SMILES string of the molecule is CC(C)CCC[C@@H](C)C1CCC2C3C(=O)C=C4CC(O)CCC4(C)C3CCC21C. The van der Waals surface area contributed by atoms with Crippen LogP contribution in [0.2, 0.25) is 0 Å². The van der Waals surface area contributed by atoms with E-state index in [-0.39, 0.29) is 17.4 Å². The first kappa shape index (κ1) is 21.6. The second kappa shape index (κ2) is 7.81. The highest BCUT2D eigenvalue weighted by molar-refractivity contribution is 5.94. The predicted octanol–water partition coefficient (Wildman–Crippen LogP) is 6.57.